The molecular weight excluding hydrogens is 576 g/mol. The second-order valence-corrected chi connectivity index (χ2v) is 11.3. The van der Waals surface area contributed by atoms with Gasteiger partial charge in [0.15, 0.2) is 24.1 Å². The van der Waals surface area contributed by atoms with E-state index >= 15 is 0 Å². The Morgan fingerprint density at radius 2 is 0.783 bits per heavy atom. The Bertz CT molecular complexity index is 2270. The second kappa shape index (κ2) is 11.3. The van der Waals surface area contributed by atoms with Crippen LogP contribution in [0.15, 0.2) is 97.1 Å². The van der Waals surface area contributed by atoms with Crippen LogP contribution in [-0.4, -0.2) is 44.1 Å². The molecule has 0 aliphatic carbocycles. The van der Waals surface area contributed by atoms with Gasteiger partial charge in [0, 0.05) is 11.1 Å². The maximum atomic E-state index is 14.0. The number of benzene rings is 2. The zero-order valence-electron chi connectivity index (χ0n) is 25.0. The van der Waals surface area contributed by atoms with Gasteiger partial charge in [0.05, 0.1) is 66.5 Å². The number of hydrogen-bond donors (Lipinski definition) is 4. The molecule has 8 bridgehead atoms. The monoisotopic (exact) mass is 604 g/mol. The van der Waals surface area contributed by atoms with Gasteiger partial charge in [-0.1, -0.05) is 59.7 Å². The van der Waals surface area contributed by atoms with Crippen molar-refractivity contribution in [3.8, 4) is 0 Å². The largest absolute Gasteiger partial charge is 0.354 e. The summed E-state index contributed by atoms with van der Waals surface area (Å²) in [6, 6.07) is 28.6. The summed E-state index contributed by atoms with van der Waals surface area (Å²) < 4.78 is 0. The fraction of sp³-hybridized carbons (Fsp3) is 0.0526. The molecule has 5 heterocycles. The van der Waals surface area contributed by atoms with Gasteiger partial charge in [-0.05, 0) is 62.4 Å². The third kappa shape index (κ3) is 4.92. The van der Waals surface area contributed by atoms with Crippen molar-refractivity contribution in [2.45, 2.75) is 13.8 Å². The number of ketones is 2. The summed E-state index contributed by atoms with van der Waals surface area (Å²) in [4.78, 5) is 66.2. The average Bonchev–Trinajstić information content (AvgIpc) is 3.89. The lowest BCUT2D eigenvalue weighted by Gasteiger charge is -2.07. The van der Waals surface area contributed by atoms with Crippen LogP contribution in [0.2, 0.25) is 0 Å². The molecule has 4 aromatic heterocycles. The first-order chi connectivity index (χ1) is 22.3. The number of H-pyrrole nitrogens is 4. The summed E-state index contributed by atoms with van der Waals surface area (Å²) in [6.45, 7) is 3.90. The van der Waals surface area contributed by atoms with E-state index in [2.05, 4.69) is 19.9 Å². The number of carbonyl (C=O) groups is 4. The standard InChI is InChI=1S/C38H28N4O4/c1-21-3-7-23(8-4-21)37(45)35-31-15-11-27(39-31)25(19-43)29-13-17-33(41-29)36(38(46)24-9-5-22(2)6-10-24)34-18-14-30(42-34)26(20-44)28-12-16-32(35)40-28/h3-20,39-42H,1-2H3. The van der Waals surface area contributed by atoms with E-state index in [-0.39, 0.29) is 11.6 Å². The number of aromatic nitrogens is 4. The van der Waals surface area contributed by atoms with Crippen LogP contribution in [0.3, 0.4) is 0 Å². The number of aromatic amines is 4. The van der Waals surface area contributed by atoms with E-state index in [1.807, 2.05) is 38.1 Å². The van der Waals surface area contributed by atoms with Gasteiger partial charge in [0.2, 0.25) is 0 Å². The van der Waals surface area contributed by atoms with Crippen LogP contribution >= 0.6 is 0 Å². The molecule has 0 unspecified atom stereocenters. The highest BCUT2D eigenvalue weighted by molar-refractivity contribution is 6.29. The van der Waals surface area contributed by atoms with Crippen LogP contribution < -0.4 is 21.4 Å². The summed E-state index contributed by atoms with van der Waals surface area (Å²) in [7, 11) is 0. The minimum atomic E-state index is -0.235. The number of hydrogen-bond acceptors (Lipinski definition) is 4. The van der Waals surface area contributed by atoms with Crippen molar-refractivity contribution in [3.63, 3.8) is 0 Å². The van der Waals surface area contributed by atoms with Crippen LogP contribution in [-0.2, 0) is 9.59 Å². The maximum absolute atomic E-state index is 14.0. The Hall–Kier alpha value is -6.28. The van der Waals surface area contributed by atoms with Gasteiger partial charge in [-0.25, -0.2) is 0 Å². The van der Waals surface area contributed by atoms with Gasteiger partial charge in [0.25, 0.3) is 0 Å². The molecule has 0 amide bonds. The molecule has 0 atom stereocenters. The van der Waals surface area contributed by atoms with Gasteiger partial charge in [0.1, 0.15) is 0 Å². The molecule has 0 fully saturated rings. The summed E-state index contributed by atoms with van der Waals surface area (Å²) >= 11 is 0. The maximum Gasteiger partial charge on any atom is 0.197 e. The number of nitrogens with one attached hydrogen (secondary N) is 4. The number of fused-ring (bicyclic) bond motifs is 8. The second-order valence-electron chi connectivity index (χ2n) is 11.3. The van der Waals surface area contributed by atoms with Crippen molar-refractivity contribution in [2.24, 2.45) is 0 Å². The van der Waals surface area contributed by atoms with E-state index < -0.39 is 0 Å². The van der Waals surface area contributed by atoms with Crippen LogP contribution in [0.5, 0.6) is 0 Å². The van der Waals surface area contributed by atoms with E-state index in [4.69, 9.17) is 0 Å². The molecule has 4 N–H and O–H groups in total. The van der Waals surface area contributed by atoms with Crippen molar-refractivity contribution in [1.82, 2.24) is 19.9 Å². The number of carbonyl (C=O) groups excluding carboxylic acids is 4. The first kappa shape index (κ1) is 28.5. The smallest absolute Gasteiger partial charge is 0.197 e. The lowest BCUT2D eigenvalue weighted by Crippen LogP contribution is -2.22. The van der Waals surface area contributed by atoms with Gasteiger partial charge < -0.3 is 19.9 Å². The molecule has 0 spiro atoms. The van der Waals surface area contributed by atoms with E-state index in [0.29, 0.717) is 77.6 Å². The molecule has 2 aromatic carbocycles. The van der Waals surface area contributed by atoms with Gasteiger partial charge in [-0.15, -0.1) is 0 Å². The molecule has 0 radical (unpaired) electrons. The van der Waals surface area contributed by atoms with Crippen molar-refractivity contribution < 1.29 is 19.2 Å². The normalized spacial score (nSPS) is 12.7. The van der Waals surface area contributed by atoms with Crippen molar-refractivity contribution in [3.05, 3.63) is 163 Å². The molecule has 1 aliphatic rings. The minimum Gasteiger partial charge on any atom is -0.354 e. The molecule has 6 aromatic rings. The molecule has 0 saturated carbocycles. The third-order valence-electron chi connectivity index (χ3n) is 8.30. The van der Waals surface area contributed by atoms with Gasteiger partial charge in [-0.3, -0.25) is 19.2 Å². The van der Waals surface area contributed by atoms with E-state index in [1.165, 1.54) is 0 Å². The zero-order chi connectivity index (χ0) is 31.9. The number of Topliss-reactive ketones (excluding diaryl/α,β-unsaturated/α-hetero) is 2. The summed E-state index contributed by atoms with van der Waals surface area (Å²) in [5, 5.41) is 1.95. The van der Waals surface area contributed by atoms with E-state index in [0.717, 1.165) is 23.7 Å². The minimum absolute atomic E-state index is 0.235. The molecule has 224 valence electrons. The Kier molecular flexibility index (Phi) is 7.02. The lowest BCUT2D eigenvalue weighted by molar-refractivity contribution is -0.104. The lowest BCUT2D eigenvalue weighted by atomic mass is 10.00. The van der Waals surface area contributed by atoms with Crippen molar-refractivity contribution >= 4 is 46.4 Å². The van der Waals surface area contributed by atoms with Crippen LogP contribution in [0.25, 0.3) is 22.3 Å². The summed E-state index contributed by atoms with van der Waals surface area (Å²) in [6.07, 6.45) is 1.48. The first-order valence-electron chi connectivity index (χ1n) is 14.7. The highest BCUT2D eigenvalue weighted by atomic mass is 16.1. The van der Waals surface area contributed by atoms with Crippen molar-refractivity contribution in [2.75, 3.05) is 0 Å². The first-order valence-corrected chi connectivity index (χ1v) is 14.7. The molecule has 0 saturated heterocycles. The van der Waals surface area contributed by atoms with Gasteiger partial charge >= 0.3 is 0 Å². The number of rotatable bonds is 6. The Balaban J connectivity index is 1.55. The molecule has 46 heavy (non-hydrogen) atoms. The topological polar surface area (TPSA) is 131 Å². The predicted molar refractivity (Wildman–Crippen MR) is 175 cm³/mol. The van der Waals surface area contributed by atoms with Crippen LogP contribution in [0.1, 0.15) is 54.6 Å². The molecule has 8 heteroatoms. The third-order valence-corrected chi connectivity index (χ3v) is 8.30. The highest BCUT2D eigenvalue weighted by Crippen LogP contribution is 2.22. The van der Waals surface area contributed by atoms with E-state index in [1.54, 1.807) is 72.8 Å². The number of aldehydes is 2. The number of aryl methyl sites for hydroxylation is 2. The van der Waals surface area contributed by atoms with Crippen molar-refractivity contribution in [1.29, 1.82) is 0 Å². The average molecular weight is 605 g/mol. The Labute approximate surface area is 262 Å². The fourth-order valence-electron chi connectivity index (χ4n) is 5.81. The zero-order valence-corrected chi connectivity index (χ0v) is 25.0. The van der Waals surface area contributed by atoms with E-state index in [9.17, 15) is 19.2 Å². The van der Waals surface area contributed by atoms with Gasteiger partial charge in [-0.2, -0.15) is 0 Å². The molecule has 1 aliphatic heterocycles. The quantitative estimate of drug-likeness (QED) is 0.172. The summed E-state index contributed by atoms with van der Waals surface area (Å²) in [5.74, 6) is -0.470. The van der Waals surface area contributed by atoms with Crippen LogP contribution in [0, 0.1) is 13.8 Å². The highest BCUT2D eigenvalue weighted by Gasteiger charge is 2.22. The fourth-order valence-corrected chi connectivity index (χ4v) is 5.81. The summed E-state index contributed by atoms with van der Waals surface area (Å²) in [5.41, 5.74) is 6.33. The SMILES string of the molecule is Cc1ccc(C(=O)C2=c3ccc([nH]3)=C(C=O)c3ccc([nH]3)C(C(=O)c3ccc(C)cc3)=c3ccc([nH]3)=C(C=O)c3ccc2[nH]3)cc1. The predicted octanol–water partition coefficient (Wildman–Crippen LogP) is 2.89. The molecule has 7 rings (SSSR count). The molecular formula is C38H28N4O4. The Morgan fingerprint density at radius 1 is 0.435 bits per heavy atom. The Morgan fingerprint density at radius 3 is 1.15 bits per heavy atom. The molecule has 8 nitrogen and oxygen atoms in total. The van der Waals surface area contributed by atoms with Crippen LogP contribution in [0.4, 0.5) is 0 Å².